The molecule has 1 atom stereocenters. The summed E-state index contributed by atoms with van der Waals surface area (Å²) in [5.41, 5.74) is 8.13. The summed E-state index contributed by atoms with van der Waals surface area (Å²) in [6.07, 6.45) is 7.16. The summed E-state index contributed by atoms with van der Waals surface area (Å²) in [5, 5.41) is 0. The van der Waals surface area contributed by atoms with Crippen molar-refractivity contribution < 1.29 is 14.3 Å². The molecule has 1 aromatic carbocycles. The zero-order valence-corrected chi connectivity index (χ0v) is 15.7. The van der Waals surface area contributed by atoms with Gasteiger partial charge in [-0.25, -0.2) is 15.0 Å². The second kappa shape index (κ2) is 8.75. The highest BCUT2D eigenvalue weighted by Gasteiger charge is 2.26. The van der Waals surface area contributed by atoms with Crippen LogP contribution in [0.5, 0.6) is 0 Å². The summed E-state index contributed by atoms with van der Waals surface area (Å²) in [5.74, 6) is -0.287. The molecular weight excluding hydrogens is 370 g/mol. The molecule has 8 heteroatoms. The first-order valence-corrected chi connectivity index (χ1v) is 8.68. The molecule has 0 fully saturated rings. The number of carbonyl (C=O) groups excluding carboxylic acids is 2. The Balaban J connectivity index is 0.000000200. The summed E-state index contributed by atoms with van der Waals surface area (Å²) in [6.45, 7) is 3.75. The van der Waals surface area contributed by atoms with E-state index in [0.29, 0.717) is 22.6 Å². The van der Waals surface area contributed by atoms with Crippen molar-refractivity contribution in [3.63, 3.8) is 0 Å². The smallest absolute Gasteiger partial charge is 0.220 e. The maximum absolute atomic E-state index is 12.1. The van der Waals surface area contributed by atoms with Gasteiger partial charge in [-0.1, -0.05) is 36.4 Å². The highest BCUT2D eigenvalue weighted by Crippen LogP contribution is 2.29. The van der Waals surface area contributed by atoms with E-state index in [4.69, 9.17) is 10.5 Å². The number of aromatic amines is 1. The minimum Gasteiger partial charge on any atom is -0.493 e. The predicted octanol–water partition coefficient (Wildman–Crippen LogP) is 2.50. The number of imidazole rings is 1. The van der Waals surface area contributed by atoms with E-state index in [2.05, 4.69) is 26.5 Å². The third kappa shape index (κ3) is 4.27. The number of rotatable bonds is 4. The molecule has 0 saturated heterocycles. The lowest BCUT2D eigenvalue weighted by Crippen LogP contribution is -2.18. The molecule has 0 bridgehead atoms. The van der Waals surface area contributed by atoms with Crippen LogP contribution in [0.25, 0.3) is 11.2 Å². The summed E-state index contributed by atoms with van der Waals surface area (Å²) < 4.78 is 4.86. The van der Waals surface area contributed by atoms with Crippen LogP contribution in [0, 0.1) is 0 Å². The van der Waals surface area contributed by atoms with E-state index in [1.807, 2.05) is 30.3 Å². The molecule has 0 aliphatic heterocycles. The third-order valence-corrected chi connectivity index (χ3v) is 4.28. The van der Waals surface area contributed by atoms with E-state index in [1.165, 1.54) is 31.9 Å². The number of nitrogens with zero attached hydrogens (tertiary/aromatic N) is 3. The van der Waals surface area contributed by atoms with E-state index >= 15 is 0 Å². The molecule has 1 unspecified atom stereocenters. The Kier molecular flexibility index (Phi) is 5.94. The number of allylic oxidation sites excluding steroid dienone is 4. The topological polar surface area (TPSA) is 124 Å². The zero-order valence-electron chi connectivity index (χ0n) is 15.7. The summed E-state index contributed by atoms with van der Waals surface area (Å²) in [7, 11) is 1.37. The van der Waals surface area contributed by atoms with Gasteiger partial charge in [-0.3, -0.25) is 9.59 Å². The number of nitrogens with two attached hydrogens (primary N) is 1. The molecule has 2 heterocycles. The van der Waals surface area contributed by atoms with Crippen LogP contribution < -0.4 is 5.73 Å². The van der Waals surface area contributed by atoms with E-state index in [0.717, 1.165) is 5.56 Å². The SMILES string of the molecule is C=CC(C1=CC(=O)C(OC)=CC1=O)c1ccccc1.Nc1ncnc2nc[nH]c12. The van der Waals surface area contributed by atoms with Crippen LogP contribution in [-0.2, 0) is 14.3 Å². The normalized spacial score (nSPS) is 14.4. The van der Waals surface area contributed by atoms with Crippen molar-refractivity contribution in [2.45, 2.75) is 5.92 Å². The quantitative estimate of drug-likeness (QED) is 0.519. The Labute approximate surface area is 166 Å². The van der Waals surface area contributed by atoms with E-state index in [1.54, 1.807) is 6.08 Å². The van der Waals surface area contributed by atoms with Crippen LogP contribution in [0.4, 0.5) is 5.82 Å². The van der Waals surface area contributed by atoms with Gasteiger partial charge in [-0.05, 0) is 11.6 Å². The van der Waals surface area contributed by atoms with Gasteiger partial charge in [0.15, 0.2) is 23.0 Å². The number of nitrogens with one attached hydrogen (secondary N) is 1. The number of aromatic nitrogens is 4. The predicted molar refractivity (Wildman–Crippen MR) is 109 cm³/mol. The molecule has 0 radical (unpaired) electrons. The Hall–Kier alpha value is -4.07. The maximum atomic E-state index is 12.1. The highest BCUT2D eigenvalue weighted by molar-refractivity contribution is 6.19. The molecule has 3 N–H and O–H groups in total. The Morgan fingerprint density at radius 3 is 2.52 bits per heavy atom. The summed E-state index contributed by atoms with van der Waals surface area (Å²) >= 11 is 0. The fraction of sp³-hybridized carbons (Fsp3) is 0.0952. The van der Waals surface area contributed by atoms with Gasteiger partial charge in [0.1, 0.15) is 11.8 Å². The molecule has 146 valence electrons. The standard InChI is InChI=1S/C16H14O3.C5H5N5/c1-3-12(11-7-5-4-6-8-11)13-9-15(18)16(19-2)10-14(13)17;6-4-3-5(9-1-7-3)10-2-8-4/h3-10,12H,1H2,2H3;1-2H,(H3,6,7,8,9,10). The van der Waals surface area contributed by atoms with Gasteiger partial charge in [0.2, 0.25) is 5.78 Å². The second-order valence-electron chi connectivity index (χ2n) is 6.03. The van der Waals surface area contributed by atoms with Crippen molar-refractivity contribution in [3.8, 4) is 0 Å². The van der Waals surface area contributed by atoms with E-state index in [-0.39, 0.29) is 23.2 Å². The Morgan fingerprint density at radius 2 is 1.86 bits per heavy atom. The number of H-pyrrole nitrogens is 1. The van der Waals surface area contributed by atoms with Crippen LogP contribution in [0.3, 0.4) is 0 Å². The fourth-order valence-corrected chi connectivity index (χ4v) is 2.85. The number of anilines is 1. The maximum Gasteiger partial charge on any atom is 0.220 e. The molecule has 29 heavy (non-hydrogen) atoms. The largest absolute Gasteiger partial charge is 0.493 e. The number of ether oxygens (including phenoxy) is 1. The molecule has 8 nitrogen and oxygen atoms in total. The first-order valence-electron chi connectivity index (χ1n) is 8.68. The van der Waals surface area contributed by atoms with Crippen molar-refractivity contribution in [2.75, 3.05) is 12.8 Å². The van der Waals surface area contributed by atoms with Crippen molar-refractivity contribution >= 4 is 28.5 Å². The number of ketones is 2. The van der Waals surface area contributed by atoms with Gasteiger partial charge in [-0.15, -0.1) is 6.58 Å². The number of hydrogen-bond acceptors (Lipinski definition) is 7. The van der Waals surface area contributed by atoms with Gasteiger partial charge in [0.05, 0.1) is 13.4 Å². The number of carbonyl (C=O) groups is 2. The summed E-state index contributed by atoms with van der Waals surface area (Å²) in [4.78, 5) is 38.2. The molecule has 1 aliphatic rings. The zero-order chi connectivity index (χ0) is 20.8. The van der Waals surface area contributed by atoms with Crippen LogP contribution >= 0.6 is 0 Å². The van der Waals surface area contributed by atoms with Crippen LogP contribution in [0.15, 0.2) is 79.1 Å². The minimum absolute atomic E-state index is 0.0737. The van der Waals surface area contributed by atoms with Gasteiger partial charge < -0.3 is 15.5 Å². The first kappa shape index (κ1) is 19.7. The molecular formula is C21H19N5O3. The van der Waals surface area contributed by atoms with Gasteiger partial charge >= 0.3 is 0 Å². The van der Waals surface area contributed by atoms with Crippen molar-refractivity contribution in [1.29, 1.82) is 0 Å². The van der Waals surface area contributed by atoms with Crippen LogP contribution in [0.2, 0.25) is 0 Å². The lowest BCUT2D eigenvalue weighted by Gasteiger charge is -2.18. The average Bonchev–Trinajstić information content (AvgIpc) is 3.22. The molecule has 3 aromatic rings. The highest BCUT2D eigenvalue weighted by atomic mass is 16.5. The lowest BCUT2D eigenvalue weighted by molar-refractivity contribution is -0.117. The minimum atomic E-state index is -0.292. The van der Waals surface area contributed by atoms with Crippen molar-refractivity contribution in [2.24, 2.45) is 0 Å². The second-order valence-corrected chi connectivity index (χ2v) is 6.03. The van der Waals surface area contributed by atoms with E-state index < -0.39 is 0 Å². The number of fused-ring (bicyclic) bond motifs is 1. The first-order chi connectivity index (χ1) is 14.0. The number of benzene rings is 1. The molecule has 0 saturated carbocycles. The van der Waals surface area contributed by atoms with Gasteiger partial charge in [0.25, 0.3) is 0 Å². The fourth-order valence-electron chi connectivity index (χ4n) is 2.85. The molecule has 2 aromatic heterocycles. The summed E-state index contributed by atoms with van der Waals surface area (Å²) in [6, 6.07) is 9.48. The van der Waals surface area contributed by atoms with Crippen LogP contribution in [-0.4, -0.2) is 38.6 Å². The van der Waals surface area contributed by atoms with Gasteiger partial charge in [0, 0.05) is 17.6 Å². The molecule has 4 rings (SSSR count). The lowest BCUT2D eigenvalue weighted by atomic mass is 9.85. The average molecular weight is 389 g/mol. The number of nitrogen functional groups attached to an aromatic ring is 1. The molecule has 0 amide bonds. The molecule has 0 spiro atoms. The monoisotopic (exact) mass is 389 g/mol. The third-order valence-electron chi connectivity index (χ3n) is 4.28. The number of methoxy groups -OCH3 is 1. The Morgan fingerprint density at radius 1 is 1.10 bits per heavy atom. The van der Waals surface area contributed by atoms with Crippen molar-refractivity contribution in [3.05, 3.63) is 84.7 Å². The number of hydrogen-bond donors (Lipinski definition) is 2. The van der Waals surface area contributed by atoms with E-state index in [9.17, 15) is 9.59 Å². The van der Waals surface area contributed by atoms with Crippen LogP contribution in [0.1, 0.15) is 11.5 Å². The molecule has 1 aliphatic carbocycles. The van der Waals surface area contributed by atoms with Gasteiger partial charge in [-0.2, -0.15) is 0 Å². The van der Waals surface area contributed by atoms with Crippen molar-refractivity contribution in [1.82, 2.24) is 19.9 Å². The Bertz CT molecular complexity index is 1120.